The summed E-state index contributed by atoms with van der Waals surface area (Å²) in [6.07, 6.45) is 1.74. The van der Waals surface area contributed by atoms with E-state index < -0.39 is 0 Å². The van der Waals surface area contributed by atoms with E-state index in [1.807, 2.05) is 12.1 Å². The molecule has 1 heterocycles. The fourth-order valence-electron chi connectivity index (χ4n) is 0.921. The first kappa shape index (κ1) is 9.84. The minimum absolute atomic E-state index is 0.386. The van der Waals surface area contributed by atoms with E-state index in [0.717, 1.165) is 5.82 Å². The summed E-state index contributed by atoms with van der Waals surface area (Å²) in [6, 6.07) is 4.07. The van der Waals surface area contributed by atoms with Crippen molar-refractivity contribution >= 4 is 11.5 Å². The van der Waals surface area contributed by atoms with Crippen LogP contribution in [0.25, 0.3) is 0 Å². The van der Waals surface area contributed by atoms with Gasteiger partial charge in [0.15, 0.2) is 0 Å². The van der Waals surface area contributed by atoms with Gasteiger partial charge in [0.2, 0.25) is 0 Å². The Bertz CT molecular complexity index is 271. The van der Waals surface area contributed by atoms with Gasteiger partial charge < -0.3 is 11.1 Å². The average molecular weight is 179 g/mol. The summed E-state index contributed by atoms with van der Waals surface area (Å²) in [5, 5.41) is 3.27. The van der Waals surface area contributed by atoms with Crippen LogP contribution in [0.5, 0.6) is 0 Å². The van der Waals surface area contributed by atoms with Crippen LogP contribution in [0, 0.1) is 5.92 Å². The zero-order valence-corrected chi connectivity index (χ0v) is 8.41. The van der Waals surface area contributed by atoms with Gasteiger partial charge in [-0.1, -0.05) is 13.8 Å². The van der Waals surface area contributed by atoms with Crippen LogP contribution < -0.4 is 11.1 Å². The standard InChI is InChI=1S/C10H17N3/c1-7(2)8(3)13-10-9(11)5-4-6-12-10/h4-8H,11H2,1-3H3,(H,12,13). The number of nitrogens with one attached hydrogen (secondary N) is 1. The minimum Gasteiger partial charge on any atom is -0.396 e. The Hall–Kier alpha value is -1.25. The average Bonchev–Trinajstić information content (AvgIpc) is 2.08. The number of nitrogen functional groups attached to an aromatic ring is 1. The maximum absolute atomic E-state index is 5.74. The molecule has 0 fully saturated rings. The summed E-state index contributed by atoms with van der Waals surface area (Å²) in [5.74, 6) is 1.35. The minimum atomic E-state index is 0.386. The van der Waals surface area contributed by atoms with Crippen molar-refractivity contribution in [2.45, 2.75) is 26.8 Å². The Morgan fingerprint density at radius 2 is 2.08 bits per heavy atom. The quantitative estimate of drug-likeness (QED) is 0.747. The third-order valence-electron chi connectivity index (χ3n) is 2.20. The Morgan fingerprint density at radius 3 is 2.62 bits per heavy atom. The van der Waals surface area contributed by atoms with Gasteiger partial charge in [-0.05, 0) is 25.0 Å². The third kappa shape index (κ3) is 2.61. The summed E-state index contributed by atoms with van der Waals surface area (Å²) in [6.45, 7) is 6.45. The molecule has 0 radical (unpaired) electrons. The molecular weight excluding hydrogens is 162 g/mol. The number of hydrogen-bond acceptors (Lipinski definition) is 3. The Kier molecular flexibility index (Phi) is 3.12. The predicted molar refractivity (Wildman–Crippen MR) is 56.6 cm³/mol. The Morgan fingerprint density at radius 1 is 1.38 bits per heavy atom. The van der Waals surface area contributed by atoms with Crippen LogP contribution in [0.2, 0.25) is 0 Å². The lowest BCUT2D eigenvalue weighted by molar-refractivity contribution is 0.558. The van der Waals surface area contributed by atoms with Crippen molar-refractivity contribution in [1.82, 2.24) is 4.98 Å². The maximum atomic E-state index is 5.74. The van der Waals surface area contributed by atoms with E-state index in [0.29, 0.717) is 17.6 Å². The summed E-state index contributed by atoms with van der Waals surface area (Å²) >= 11 is 0. The second-order valence-corrected chi connectivity index (χ2v) is 3.62. The smallest absolute Gasteiger partial charge is 0.149 e. The molecule has 0 bridgehead atoms. The van der Waals surface area contributed by atoms with Crippen LogP contribution in [0.1, 0.15) is 20.8 Å². The molecule has 0 aliphatic heterocycles. The molecule has 1 unspecified atom stereocenters. The van der Waals surface area contributed by atoms with Crippen LogP contribution >= 0.6 is 0 Å². The highest BCUT2D eigenvalue weighted by atomic mass is 15.0. The van der Waals surface area contributed by atoms with Crippen LogP contribution in [-0.4, -0.2) is 11.0 Å². The molecule has 1 aromatic heterocycles. The molecule has 0 saturated heterocycles. The molecule has 1 aromatic rings. The fourth-order valence-corrected chi connectivity index (χ4v) is 0.921. The highest BCUT2D eigenvalue weighted by Crippen LogP contribution is 2.16. The van der Waals surface area contributed by atoms with E-state index in [2.05, 4.69) is 31.1 Å². The number of nitrogens with zero attached hydrogens (tertiary/aromatic N) is 1. The van der Waals surface area contributed by atoms with Crippen LogP contribution in [0.3, 0.4) is 0 Å². The number of aromatic nitrogens is 1. The molecule has 1 rings (SSSR count). The van der Waals surface area contributed by atoms with Crippen molar-refractivity contribution < 1.29 is 0 Å². The third-order valence-corrected chi connectivity index (χ3v) is 2.20. The van der Waals surface area contributed by atoms with E-state index in [4.69, 9.17) is 5.73 Å². The molecule has 0 saturated carbocycles. The Labute approximate surface area is 79.4 Å². The molecule has 3 heteroatoms. The number of anilines is 2. The van der Waals surface area contributed by atoms with Crippen LogP contribution in [-0.2, 0) is 0 Å². The molecule has 0 spiro atoms. The van der Waals surface area contributed by atoms with Gasteiger partial charge in [-0.25, -0.2) is 4.98 Å². The lowest BCUT2D eigenvalue weighted by Gasteiger charge is -2.18. The second kappa shape index (κ2) is 4.12. The fraction of sp³-hybridized carbons (Fsp3) is 0.500. The van der Waals surface area contributed by atoms with Crippen molar-refractivity contribution in [2.75, 3.05) is 11.1 Å². The van der Waals surface area contributed by atoms with Gasteiger partial charge in [-0.15, -0.1) is 0 Å². The molecule has 0 amide bonds. The highest BCUT2D eigenvalue weighted by molar-refractivity contribution is 5.60. The number of hydrogen-bond donors (Lipinski definition) is 2. The van der Waals surface area contributed by atoms with Gasteiger partial charge in [-0.3, -0.25) is 0 Å². The summed E-state index contributed by atoms with van der Waals surface area (Å²) in [4.78, 5) is 4.16. The van der Waals surface area contributed by atoms with Crippen molar-refractivity contribution in [3.8, 4) is 0 Å². The molecule has 72 valence electrons. The topological polar surface area (TPSA) is 50.9 Å². The Balaban J connectivity index is 2.69. The molecule has 0 aliphatic carbocycles. The lowest BCUT2D eigenvalue weighted by Crippen LogP contribution is -2.22. The van der Waals surface area contributed by atoms with Gasteiger partial charge in [0.1, 0.15) is 5.82 Å². The first-order valence-corrected chi connectivity index (χ1v) is 4.58. The van der Waals surface area contributed by atoms with Crippen molar-refractivity contribution in [3.05, 3.63) is 18.3 Å². The van der Waals surface area contributed by atoms with Crippen molar-refractivity contribution in [3.63, 3.8) is 0 Å². The van der Waals surface area contributed by atoms with Crippen LogP contribution in [0.15, 0.2) is 18.3 Å². The molecular formula is C10H17N3. The monoisotopic (exact) mass is 179 g/mol. The molecule has 0 aliphatic rings. The van der Waals surface area contributed by atoms with Gasteiger partial charge in [0.25, 0.3) is 0 Å². The predicted octanol–water partition coefficient (Wildman–Crippen LogP) is 2.12. The first-order chi connectivity index (χ1) is 6.11. The molecule has 1 atom stereocenters. The van der Waals surface area contributed by atoms with E-state index >= 15 is 0 Å². The maximum Gasteiger partial charge on any atom is 0.149 e. The number of pyridine rings is 1. The zero-order valence-electron chi connectivity index (χ0n) is 8.41. The normalized spacial score (nSPS) is 12.9. The highest BCUT2D eigenvalue weighted by Gasteiger charge is 2.08. The van der Waals surface area contributed by atoms with Crippen molar-refractivity contribution in [2.24, 2.45) is 5.92 Å². The van der Waals surface area contributed by atoms with E-state index in [1.165, 1.54) is 0 Å². The SMILES string of the molecule is CC(C)C(C)Nc1ncccc1N. The van der Waals surface area contributed by atoms with Crippen molar-refractivity contribution in [1.29, 1.82) is 0 Å². The van der Waals surface area contributed by atoms with Gasteiger partial charge in [-0.2, -0.15) is 0 Å². The van der Waals surface area contributed by atoms with E-state index in [1.54, 1.807) is 6.20 Å². The summed E-state index contributed by atoms with van der Waals surface area (Å²) in [5.41, 5.74) is 6.45. The van der Waals surface area contributed by atoms with Gasteiger partial charge in [0, 0.05) is 12.2 Å². The molecule has 13 heavy (non-hydrogen) atoms. The summed E-state index contributed by atoms with van der Waals surface area (Å²) in [7, 11) is 0. The van der Waals surface area contributed by atoms with Gasteiger partial charge in [0.05, 0.1) is 5.69 Å². The molecule has 0 aromatic carbocycles. The number of nitrogens with two attached hydrogens (primary N) is 1. The lowest BCUT2D eigenvalue weighted by atomic mass is 10.1. The van der Waals surface area contributed by atoms with E-state index in [9.17, 15) is 0 Å². The first-order valence-electron chi connectivity index (χ1n) is 4.58. The zero-order chi connectivity index (χ0) is 9.84. The molecule has 3 nitrogen and oxygen atoms in total. The van der Waals surface area contributed by atoms with Gasteiger partial charge >= 0.3 is 0 Å². The second-order valence-electron chi connectivity index (χ2n) is 3.62. The van der Waals surface area contributed by atoms with Crippen LogP contribution in [0.4, 0.5) is 11.5 Å². The largest absolute Gasteiger partial charge is 0.396 e. The van der Waals surface area contributed by atoms with E-state index in [-0.39, 0.29) is 0 Å². The molecule has 3 N–H and O–H groups in total. The summed E-state index contributed by atoms with van der Waals surface area (Å²) < 4.78 is 0. The number of rotatable bonds is 3.